The highest BCUT2D eigenvalue weighted by Gasteiger charge is 2.35. The van der Waals surface area contributed by atoms with Crippen LogP contribution in [0.3, 0.4) is 0 Å². The minimum absolute atomic E-state index is 0.0281. The lowest BCUT2D eigenvalue weighted by atomic mass is 10.2. The second-order valence-electron chi connectivity index (χ2n) is 7.01. The number of nitrogens with zero attached hydrogens (tertiary/aromatic N) is 1. The van der Waals surface area contributed by atoms with Crippen LogP contribution in [0.2, 0.25) is 5.02 Å². The van der Waals surface area contributed by atoms with Gasteiger partial charge < -0.3 is 15.1 Å². The maximum absolute atomic E-state index is 12.6. The minimum atomic E-state index is -0.669. The fourth-order valence-electron chi connectivity index (χ4n) is 3.15. The predicted molar refractivity (Wildman–Crippen MR) is 117 cm³/mol. The number of hydrogen-bond donors (Lipinski definition) is 2. The Hall–Kier alpha value is -3.84. The van der Waals surface area contributed by atoms with Gasteiger partial charge in [-0.1, -0.05) is 35.9 Å². The molecule has 4 amide bonds. The fraction of sp³-hybridized carbons (Fsp3) is 0.0870. The number of halogens is 1. The second-order valence-corrected chi connectivity index (χ2v) is 7.45. The molecule has 2 aromatic carbocycles. The third-order valence-corrected chi connectivity index (χ3v) is 4.82. The largest absolute Gasteiger partial charge is 0.457 e. The van der Waals surface area contributed by atoms with Crippen molar-refractivity contribution in [2.45, 2.75) is 6.92 Å². The van der Waals surface area contributed by atoms with E-state index in [1.807, 2.05) is 19.1 Å². The van der Waals surface area contributed by atoms with Crippen molar-refractivity contribution in [3.8, 4) is 11.3 Å². The van der Waals surface area contributed by atoms with Crippen LogP contribution >= 0.6 is 11.6 Å². The zero-order valence-corrected chi connectivity index (χ0v) is 17.3. The van der Waals surface area contributed by atoms with E-state index in [1.165, 1.54) is 6.08 Å². The summed E-state index contributed by atoms with van der Waals surface area (Å²) in [5.41, 5.74) is 2.39. The van der Waals surface area contributed by atoms with E-state index in [4.69, 9.17) is 16.0 Å². The van der Waals surface area contributed by atoms with Gasteiger partial charge in [-0.05, 0) is 48.9 Å². The quantitative estimate of drug-likeness (QED) is 0.457. The molecule has 0 spiro atoms. The van der Waals surface area contributed by atoms with Crippen LogP contribution in [0.15, 0.2) is 70.8 Å². The third kappa shape index (κ3) is 4.67. The van der Waals surface area contributed by atoms with Gasteiger partial charge in [-0.3, -0.25) is 9.59 Å². The maximum atomic E-state index is 12.6. The predicted octanol–water partition coefficient (Wildman–Crippen LogP) is 4.44. The van der Waals surface area contributed by atoms with Gasteiger partial charge in [0.1, 0.15) is 23.8 Å². The normalized spacial score (nSPS) is 14.8. The first-order valence-electron chi connectivity index (χ1n) is 9.46. The number of carbonyl (C=O) groups excluding carboxylic acids is 3. The monoisotopic (exact) mass is 435 g/mol. The van der Waals surface area contributed by atoms with Gasteiger partial charge in [0.15, 0.2) is 0 Å². The number of hydrogen-bond acceptors (Lipinski definition) is 4. The highest BCUT2D eigenvalue weighted by Crippen LogP contribution is 2.26. The lowest BCUT2D eigenvalue weighted by Crippen LogP contribution is -2.38. The molecule has 4 rings (SSSR count). The van der Waals surface area contributed by atoms with Crippen LogP contribution < -0.4 is 10.6 Å². The van der Waals surface area contributed by atoms with Gasteiger partial charge in [0.2, 0.25) is 5.91 Å². The van der Waals surface area contributed by atoms with E-state index in [2.05, 4.69) is 10.6 Å². The molecule has 0 bridgehead atoms. The van der Waals surface area contributed by atoms with E-state index in [-0.39, 0.29) is 5.70 Å². The Morgan fingerprint density at radius 3 is 2.71 bits per heavy atom. The summed E-state index contributed by atoms with van der Waals surface area (Å²) < 4.78 is 5.74. The summed E-state index contributed by atoms with van der Waals surface area (Å²) in [6.45, 7) is 1.50. The van der Waals surface area contributed by atoms with Crippen LogP contribution in [0.4, 0.5) is 10.5 Å². The standard InChI is InChI=1S/C23H18ClN3O4/c1-14-4-2-7-17(10-14)25-21(28)13-27-22(29)19(26-23(27)30)12-18-8-9-20(31-18)15-5-3-6-16(24)11-15/h2-12H,13H2,1H3,(H,25,28)(H,26,30)/b19-12+. The summed E-state index contributed by atoms with van der Waals surface area (Å²) in [5, 5.41) is 5.73. The Balaban J connectivity index is 1.45. The van der Waals surface area contributed by atoms with E-state index >= 15 is 0 Å². The molecule has 7 nitrogen and oxygen atoms in total. The molecule has 0 unspecified atom stereocenters. The van der Waals surface area contributed by atoms with E-state index in [0.717, 1.165) is 16.0 Å². The van der Waals surface area contributed by atoms with Crippen molar-refractivity contribution in [3.63, 3.8) is 0 Å². The number of urea groups is 1. The first kappa shape index (κ1) is 20.4. The molecule has 2 heterocycles. The average Bonchev–Trinajstić information content (AvgIpc) is 3.29. The van der Waals surface area contributed by atoms with Crippen LogP contribution in [0.5, 0.6) is 0 Å². The molecule has 0 atom stereocenters. The molecule has 1 aliphatic heterocycles. The number of imide groups is 1. The summed E-state index contributed by atoms with van der Waals surface area (Å²) in [4.78, 5) is 38.0. The number of carbonyl (C=O) groups is 3. The first-order chi connectivity index (χ1) is 14.9. The van der Waals surface area contributed by atoms with Crippen molar-refractivity contribution in [1.82, 2.24) is 10.2 Å². The zero-order chi connectivity index (χ0) is 22.0. The summed E-state index contributed by atoms with van der Waals surface area (Å²) in [6, 6.07) is 17.1. The van der Waals surface area contributed by atoms with Gasteiger partial charge in [0.25, 0.3) is 5.91 Å². The van der Waals surface area contributed by atoms with Gasteiger partial charge >= 0.3 is 6.03 Å². The molecule has 1 fully saturated rings. The summed E-state index contributed by atoms with van der Waals surface area (Å²) in [7, 11) is 0. The number of rotatable bonds is 5. The van der Waals surface area contributed by atoms with Gasteiger partial charge in [-0.15, -0.1) is 0 Å². The average molecular weight is 436 g/mol. The van der Waals surface area contributed by atoms with E-state index in [9.17, 15) is 14.4 Å². The van der Waals surface area contributed by atoms with Crippen molar-refractivity contribution in [1.29, 1.82) is 0 Å². The topological polar surface area (TPSA) is 91.7 Å². The molecule has 156 valence electrons. The Kier molecular flexibility index (Phi) is 5.60. The molecule has 8 heteroatoms. The van der Waals surface area contributed by atoms with E-state index in [0.29, 0.717) is 22.2 Å². The number of anilines is 1. The van der Waals surface area contributed by atoms with Gasteiger partial charge in [-0.25, -0.2) is 9.69 Å². The summed E-state index contributed by atoms with van der Waals surface area (Å²) >= 11 is 6.01. The lowest BCUT2D eigenvalue weighted by Gasteiger charge is -2.12. The van der Waals surface area contributed by atoms with Gasteiger partial charge in [0.05, 0.1) is 0 Å². The van der Waals surface area contributed by atoms with Crippen molar-refractivity contribution in [3.05, 3.63) is 82.7 Å². The summed E-state index contributed by atoms with van der Waals surface area (Å²) in [5.74, 6) is -0.133. The number of benzene rings is 2. The zero-order valence-electron chi connectivity index (χ0n) is 16.5. The number of amides is 4. The van der Waals surface area contributed by atoms with Crippen LogP contribution in [-0.2, 0) is 9.59 Å². The molecular formula is C23H18ClN3O4. The molecule has 3 aromatic rings. The third-order valence-electron chi connectivity index (χ3n) is 4.59. The highest BCUT2D eigenvalue weighted by atomic mass is 35.5. The second kappa shape index (κ2) is 8.49. The van der Waals surface area contributed by atoms with E-state index < -0.39 is 24.4 Å². The molecule has 2 N–H and O–H groups in total. The molecule has 0 saturated carbocycles. The molecule has 1 saturated heterocycles. The van der Waals surface area contributed by atoms with Crippen molar-refractivity contribution < 1.29 is 18.8 Å². The Morgan fingerprint density at radius 2 is 1.94 bits per heavy atom. The lowest BCUT2D eigenvalue weighted by molar-refractivity contribution is -0.127. The molecule has 0 aliphatic carbocycles. The van der Waals surface area contributed by atoms with Crippen molar-refractivity contribution in [2.75, 3.05) is 11.9 Å². The first-order valence-corrected chi connectivity index (χ1v) is 9.84. The highest BCUT2D eigenvalue weighted by molar-refractivity contribution is 6.30. The molecule has 31 heavy (non-hydrogen) atoms. The van der Waals surface area contributed by atoms with E-state index in [1.54, 1.807) is 48.5 Å². The van der Waals surface area contributed by atoms with Gasteiger partial charge in [-0.2, -0.15) is 0 Å². The number of aryl methyl sites for hydroxylation is 1. The SMILES string of the molecule is Cc1cccc(NC(=O)CN2C(=O)N/C(=C/c3ccc(-c4cccc(Cl)c4)o3)C2=O)c1. The maximum Gasteiger partial charge on any atom is 0.329 e. The van der Waals surface area contributed by atoms with Crippen LogP contribution in [0.25, 0.3) is 17.4 Å². The van der Waals surface area contributed by atoms with Crippen LogP contribution in [0, 0.1) is 6.92 Å². The smallest absolute Gasteiger partial charge is 0.329 e. The van der Waals surface area contributed by atoms with Crippen molar-refractivity contribution in [2.24, 2.45) is 0 Å². The minimum Gasteiger partial charge on any atom is -0.457 e. The van der Waals surface area contributed by atoms with Crippen LogP contribution in [-0.4, -0.2) is 29.3 Å². The molecule has 1 aromatic heterocycles. The van der Waals surface area contributed by atoms with Crippen LogP contribution in [0.1, 0.15) is 11.3 Å². The number of nitrogens with one attached hydrogen (secondary N) is 2. The molecule has 1 aliphatic rings. The Morgan fingerprint density at radius 1 is 1.13 bits per heavy atom. The van der Waals surface area contributed by atoms with Crippen molar-refractivity contribution >= 4 is 41.2 Å². The molecular weight excluding hydrogens is 418 g/mol. The Labute approximate surface area is 183 Å². The fourth-order valence-corrected chi connectivity index (χ4v) is 3.34. The molecule has 0 radical (unpaired) electrons. The number of furan rings is 1. The summed E-state index contributed by atoms with van der Waals surface area (Å²) in [6.07, 6.45) is 1.42. The van der Waals surface area contributed by atoms with Gasteiger partial charge in [0, 0.05) is 22.3 Å². The Bertz CT molecular complexity index is 1210.